The predicted molar refractivity (Wildman–Crippen MR) is 100 cm³/mol. The van der Waals surface area contributed by atoms with Gasteiger partial charge in [0.1, 0.15) is 0 Å². The molecule has 1 fully saturated rings. The van der Waals surface area contributed by atoms with E-state index < -0.39 is 0 Å². The number of rotatable bonds is 7. The van der Waals surface area contributed by atoms with E-state index in [1.54, 1.807) is 17.9 Å². The number of nitrogens with one attached hydrogen (secondary N) is 2. The smallest absolute Gasteiger partial charge is 0.409 e. The Morgan fingerprint density at radius 2 is 2.23 bits per heavy atom. The molecule has 1 aromatic heterocycles. The standard InChI is InChI=1S/C18H27N3O4S/c1-3-25-18(24)21-10-4-6-14(12-21)13(2)20-16(22)8-9-19-17(23)15-7-5-11-26-15/h5,7,11,13-14H,3-4,6,8-10,12H2,1-2H3,(H,19,23)(H,20,22)/t13-,14+/m0/s1. The fourth-order valence-corrected chi connectivity index (χ4v) is 3.67. The molecule has 0 aliphatic carbocycles. The third-order valence-corrected chi connectivity index (χ3v) is 5.33. The van der Waals surface area contributed by atoms with Gasteiger partial charge in [-0.3, -0.25) is 9.59 Å². The molecule has 8 heteroatoms. The molecule has 0 unspecified atom stereocenters. The van der Waals surface area contributed by atoms with Gasteiger partial charge in [0.2, 0.25) is 5.91 Å². The van der Waals surface area contributed by atoms with E-state index in [0.29, 0.717) is 31.1 Å². The van der Waals surface area contributed by atoms with E-state index in [9.17, 15) is 14.4 Å². The zero-order valence-electron chi connectivity index (χ0n) is 15.3. The van der Waals surface area contributed by atoms with E-state index in [2.05, 4.69) is 10.6 Å². The summed E-state index contributed by atoms with van der Waals surface area (Å²) in [5.74, 6) is -0.0479. The molecule has 0 bridgehead atoms. The highest BCUT2D eigenvalue weighted by Crippen LogP contribution is 2.20. The second kappa shape index (κ2) is 10.2. The first kappa shape index (κ1) is 20.2. The molecule has 1 aliphatic heterocycles. The van der Waals surface area contributed by atoms with Crippen molar-refractivity contribution in [2.45, 2.75) is 39.2 Å². The average molecular weight is 381 g/mol. The van der Waals surface area contributed by atoms with Crippen LogP contribution in [0.5, 0.6) is 0 Å². The fraction of sp³-hybridized carbons (Fsp3) is 0.611. The molecule has 144 valence electrons. The average Bonchev–Trinajstić information content (AvgIpc) is 3.16. The largest absolute Gasteiger partial charge is 0.450 e. The molecule has 0 saturated carbocycles. The van der Waals surface area contributed by atoms with Gasteiger partial charge in [-0.25, -0.2) is 4.79 Å². The van der Waals surface area contributed by atoms with Crippen molar-refractivity contribution >= 4 is 29.2 Å². The van der Waals surface area contributed by atoms with Crippen molar-refractivity contribution in [1.82, 2.24) is 15.5 Å². The molecule has 0 spiro atoms. The summed E-state index contributed by atoms with van der Waals surface area (Å²) in [6.07, 6.45) is 1.81. The highest BCUT2D eigenvalue weighted by Gasteiger charge is 2.28. The Bertz CT molecular complexity index is 606. The van der Waals surface area contributed by atoms with Crippen LogP contribution in [-0.2, 0) is 9.53 Å². The minimum atomic E-state index is -0.285. The number of likely N-dealkylation sites (tertiary alicyclic amines) is 1. The quantitative estimate of drug-likeness (QED) is 0.758. The van der Waals surface area contributed by atoms with Crippen LogP contribution in [-0.4, -0.2) is 55.1 Å². The zero-order chi connectivity index (χ0) is 18.9. The molecule has 1 aromatic rings. The summed E-state index contributed by atoms with van der Waals surface area (Å²) in [5, 5.41) is 7.57. The lowest BCUT2D eigenvalue weighted by Crippen LogP contribution is -2.48. The second-order valence-electron chi connectivity index (χ2n) is 6.39. The number of piperidine rings is 1. The van der Waals surface area contributed by atoms with E-state index in [1.165, 1.54) is 11.3 Å². The predicted octanol–water partition coefficient (Wildman–Crippen LogP) is 2.24. The molecule has 0 aromatic carbocycles. The van der Waals surface area contributed by atoms with Crippen LogP contribution in [0.2, 0.25) is 0 Å². The van der Waals surface area contributed by atoms with Gasteiger partial charge < -0.3 is 20.3 Å². The van der Waals surface area contributed by atoms with Crippen LogP contribution in [0.3, 0.4) is 0 Å². The first-order chi connectivity index (χ1) is 12.5. The zero-order valence-corrected chi connectivity index (χ0v) is 16.1. The molecule has 3 amide bonds. The van der Waals surface area contributed by atoms with Crippen molar-refractivity contribution in [3.05, 3.63) is 22.4 Å². The van der Waals surface area contributed by atoms with Crippen molar-refractivity contribution in [3.63, 3.8) is 0 Å². The Morgan fingerprint density at radius 1 is 1.42 bits per heavy atom. The Morgan fingerprint density at radius 3 is 2.92 bits per heavy atom. The minimum Gasteiger partial charge on any atom is -0.450 e. The lowest BCUT2D eigenvalue weighted by molar-refractivity contribution is -0.122. The molecule has 0 radical (unpaired) electrons. The molecule has 26 heavy (non-hydrogen) atoms. The monoisotopic (exact) mass is 381 g/mol. The highest BCUT2D eigenvalue weighted by molar-refractivity contribution is 7.12. The Balaban J connectivity index is 1.70. The lowest BCUT2D eigenvalue weighted by atomic mass is 9.91. The maximum absolute atomic E-state index is 12.1. The van der Waals surface area contributed by atoms with Crippen LogP contribution in [0.1, 0.15) is 42.8 Å². The first-order valence-corrected chi connectivity index (χ1v) is 9.92. The van der Waals surface area contributed by atoms with Gasteiger partial charge in [0, 0.05) is 32.1 Å². The number of hydrogen-bond acceptors (Lipinski definition) is 5. The summed E-state index contributed by atoms with van der Waals surface area (Å²) in [7, 11) is 0. The SMILES string of the molecule is CCOC(=O)N1CCC[C@@H]([C@H](C)NC(=O)CCNC(=O)c2cccs2)C1. The van der Waals surface area contributed by atoms with Gasteiger partial charge in [0.25, 0.3) is 5.91 Å². The number of thiophene rings is 1. The summed E-state index contributed by atoms with van der Waals surface area (Å²) in [4.78, 5) is 38.2. The van der Waals surface area contributed by atoms with Gasteiger partial charge in [0.05, 0.1) is 11.5 Å². The Hall–Kier alpha value is -2.09. The van der Waals surface area contributed by atoms with Crippen LogP contribution in [0.4, 0.5) is 4.79 Å². The number of amides is 3. The molecule has 1 saturated heterocycles. The molecular weight excluding hydrogens is 354 g/mol. The summed E-state index contributed by atoms with van der Waals surface area (Å²) < 4.78 is 5.06. The summed E-state index contributed by atoms with van der Waals surface area (Å²) >= 11 is 1.37. The van der Waals surface area contributed by atoms with Crippen molar-refractivity contribution in [2.75, 3.05) is 26.2 Å². The van der Waals surface area contributed by atoms with Crippen LogP contribution < -0.4 is 10.6 Å². The van der Waals surface area contributed by atoms with E-state index in [-0.39, 0.29) is 36.3 Å². The molecule has 2 N–H and O–H groups in total. The minimum absolute atomic E-state index is 0.0345. The van der Waals surface area contributed by atoms with Gasteiger partial charge in [0.15, 0.2) is 0 Å². The first-order valence-electron chi connectivity index (χ1n) is 9.04. The van der Waals surface area contributed by atoms with E-state index in [0.717, 1.165) is 12.8 Å². The maximum atomic E-state index is 12.1. The summed E-state index contributed by atoms with van der Waals surface area (Å²) in [6, 6.07) is 3.53. The third-order valence-electron chi connectivity index (χ3n) is 4.46. The summed E-state index contributed by atoms with van der Waals surface area (Å²) in [6.45, 7) is 5.71. The van der Waals surface area contributed by atoms with Gasteiger partial charge in [-0.15, -0.1) is 11.3 Å². The van der Waals surface area contributed by atoms with Crippen LogP contribution >= 0.6 is 11.3 Å². The van der Waals surface area contributed by atoms with Crippen molar-refractivity contribution in [1.29, 1.82) is 0 Å². The van der Waals surface area contributed by atoms with Gasteiger partial charge in [-0.2, -0.15) is 0 Å². The number of nitrogens with zero attached hydrogens (tertiary/aromatic N) is 1. The Kier molecular flexibility index (Phi) is 7.90. The van der Waals surface area contributed by atoms with Gasteiger partial charge >= 0.3 is 6.09 Å². The van der Waals surface area contributed by atoms with Crippen molar-refractivity contribution in [2.24, 2.45) is 5.92 Å². The normalized spacial score (nSPS) is 18.1. The number of hydrogen-bond donors (Lipinski definition) is 2. The van der Waals surface area contributed by atoms with E-state index in [1.807, 2.05) is 18.4 Å². The van der Waals surface area contributed by atoms with E-state index in [4.69, 9.17) is 4.74 Å². The molecule has 1 aliphatic rings. The van der Waals surface area contributed by atoms with Gasteiger partial charge in [-0.1, -0.05) is 6.07 Å². The number of ether oxygens (including phenoxy) is 1. The molecule has 2 rings (SSSR count). The molecular formula is C18H27N3O4S. The van der Waals surface area contributed by atoms with Crippen LogP contribution in [0, 0.1) is 5.92 Å². The van der Waals surface area contributed by atoms with E-state index >= 15 is 0 Å². The number of carbonyl (C=O) groups is 3. The Labute approximate surface area is 158 Å². The fourth-order valence-electron chi connectivity index (χ4n) is 3.03. The highest BCUT2D eigenvalue weighted by atomic mass is 32.1. The third kappa shape index (κ3) is 6.01. The van der Waals surface area contributed by atoms with Crippen LogP contribution in [0.15, 0.2) is 17.5 Å². The molecule has 2 atom stereocenters. The van der Waals surface area contributed by atoms with Gasteiger partial charge in [-0.05, 0) is 44.1 Å². The topological polar surface area (TPSA) is 87.7 Å². The van der Waals surface area contributed by atoms with Crippen molar-refractivity contribution < 1.29 is 19.1 Å². The maximum Gasteiger partial charge on any atom is 0.409 e. The summed E-state index contributed by atoms with van der Waals surface area (Å²) in [5.41, 5.74) is 0. The molecule has 7 nitrogen and oxygen atoms in total. The van der Waals surface area contributed by atoms with Crippen LogP contribution in [0.25, 0.3) is 0 Å². The number of carbonyl (C=O) groups excluding carboxylic acids is 3. The second-order valence-corrected chi connectivity index (χ2v) is 7.33. The lowest BCUT2D eigenvalue weighted by Gasteiger charge is -2.35. The van der Waals surface area contributed by atoms with Crippen molar-refractivity contribution in [3.8, 4) is 0 Å². The molecule has 2 heterocycles.